The van der Waals surface area contributed by atoms with Gasteiger partial charge in [0, 0.05) is 41.8 Å². The highest BCUT2D eigenvalue weighted by Gasteiger charge is 2.11. The largest absolute Gasteiger partial charge is 0.497 e. The average Bonchev–Trinajstić information content (AvgIpc) is 2.73. The van der Waals surface area contributed by atoms with E-state index in [1.165, 1.54) is 0 Å². The van der Waals surface area contributed by atoms with Crippen molar-refractivity contribution in [1.82, 2.24) is 10.3 Å². The second-order valence-corrected chi connectivity index (χ2v) is 5.81. The van der Waals surface area contributed by atoms with Crippen LogP contribution in [-0.2, 0) is 6.54 Å². The smallest absolute Gasteiger partial charge is 0.255 e. The van der Waals surface area contributed by atoms with Gasteiger partial charge in [0.05, 0.1) is 7.11 Å². The predicted octanol–water partition coefficient (Wildman–Crippen LogP) is 3.27. The second-order valence-electron chi connectivity index (χ2n) is 5.81. The van der Waals surface area contributed by atoms with Crippen LogP contribution in [0.25, 0.3) is 0 Å². The number of pyridine rings is 1. The van der Waals surface area contributed by atoms with E-state index in [0.717, 1.165) is 5.56 Å². The number of amides is 2. The number of carbonyl (C=O) groups excluding carboxylic acids is 2. The molecule has 2 N–H and O–H groups in total. The number of benzene rings is 2. The first kappa shape index (κ1) is 18.1. The van der Waals surface area contributed by atoms with Crippen LogP contribution in [0.3, 0.4) is 0 Å². The summed E-state index contributed by atoms with van der Waals surface area (Å²) >= 11 is 0. The van der Waals surface area contributed by atoms with E-state index >= 15 is 0 Å². The maximum atomic E-state index is 12.5. The van der Waals surface area contributed by atoms with Gasteiger partial charge in [0.15, 0.2) is 0 Å². The van der Waals surface area contributed by atoms with E-state index in [-0.39, 0.29) is 11.8 Å². The van der Waals surface area contributed by atoms with E-state index in [1.54, 1.807) is 68.0 Å². The molecule has 3 rings (SSSR count). The highest BCUT2D eigenvalue weighted by Crippen LogP contribution is 2.18. The van der Waals surface area contributed by atoms with E-state index in [2.05, 4.69) is 15.6 Å². The zero-order chi connectivity index (χ0) is 19.1. The van der Waals surface area contributed by atoms with Crippen molar-refractivity contribution in [3.8, 4) is 5.75 Å². The molecule has 6 heteroatoms. The Hall–Kier alpha value is -3.67. The van der Waals surface area contributed by atoms with Crippen LogP contribution in [0, 0.1) is 0 Å². The number of anilines is 1. The van der Waals surface area contributed by atoms with E-state index in [0.29, 0.717) is 29.1 Å². The van der Waals surface area contributed by atoms with Crippen LogP contribution in [0.5, 0.6) is 5.75 Å². The Morgan fingerprint density at radius 2 is 1.63 bits per heavy atom. The number of nitrogens with one attached hydrogen (secondary N) is 2. The minimum absolute atomic E-state index is 0.247. The summed E-state index contributed by atoms with van der Waals surface area (Å²) in [6, 6.07) is 17.3. The van der Waals surface area contributed by atoms with E-state index in [9.17, 15) is 9.59 Å². The van der Waals surface area contributed by atoms with Crippen LogP contribution in [0.1, 0.15) is 26.3 Å². The monoisotopic (exact) mass is 361 g/mol. The zero-order valence-electron chi connectivity index (χ0n) is 14.8. The highest BCUT2D eigenvalue weighted by atomic mass is 16.5. The predicted molar refractivity (Wildman–Crippen MR) is 103 cm³/mol. The van der Waals surface area contributed by atoms with Gasteiger partial charge in [0.25, 0.3) is 11.8 Å². The highest BCUT2D eigenvalue weighted by molar-refractivity contribution is 6.06. The van der Waals surface area contributed by atoms with Crippen LogP contribution in [0.2, 0.25) is 0 Å². The molecule has 0 radical (unpaired) electrons. The summed E-state index contributed by atoms with van der Waals surface area (Å²) in [5.41, 5.74) is 2.38. The number of hydrogen-bond acceptors (Lipinski definition) is 4. The first-order chi connectivity index (χ1) is 13.2. The van der Waals surface area contributed by atoms with E-state index < -0.39 is 0 Å². The Balaban J connectivity index is 1.66. The van der Waals surface area contributed by atoms with E-state index in [4.69, 9.17) is 4.74 Å². The zero-order valence-corrected chi connectivity index (χ0v) is 14.8. The van der Waals surface area contributed by atoms with Gasteiger partial charge in [-0.15, -0.1) is 0 Å². The lowest BCUT2D eigenvalue weighted by atomic mass is 10.1. The summed E-state index contributed by atoms with van der Waals surface area (Å²) in [5, 5.41) is 5.63. The van der Waals surface area contributed by atoms with Crippen molar-refractivity contribution in [2.45, 2.75) is 6.54 Å². The summed E-state index contributed by atoms with van der Waals surface area (Å²) in [6.45, 7) is 0.390. The quantitative estimate of drug-likeness (QED) is 0.706. The molecule has 27 heavy (non-hydrogen) atoms. The fourth-order valence-corrected chi connectivity index (χ4v) is 2.49. The lowest BCUT2D eigenvalue weighted by molar-refractivity contribution is 0.0951. The molecule has 0 unspecified atom stereocenters. The molecular formula is C21H19N3O3. The lowest BCUT2D eigenvalue weighted by Crippen LogP contribution is -2.23. The van der Waals surface area contributed by atoms with Gasteiger partial charge >= 0.3 is 0 Å². The van der Waals surface area contributed by atoms with Crippen LogP contribution in [0.15, 0.2) is 73.1 Å². The molecule has 136 valence electrons. The molecule has 0 saturated carbocycles. The SMILES string of the molecule is COc1cccc(NC(=O)c2cccc(C(=O)NCc3ccncc3)c2)c1. The van der Waals surface area contributed by atoms with Crippen molar-refractivity contribution in [2.24, 2.45) is 0 Å². The molecule has 0 saturated heterocycles. The second kappa shape index (κ2) is 8.62. The minimum Gasteiger partial charge on any atom is -0.497 e. The van der Waals surface area contributed by atoms with Crippen molar-refractivity contribution >= 4 is 17.5 Å². The van der Waals surface area contributed by atoms with Crippen molar-refractivity contribution in [2.75, 3.05) is 12.4 Å². The van der Waals surface area contributed by atoms with Crippen LogP contribution >= 0.6 is 0 Å². The summed E-state index contributed by atoms with van der Waals surface area (Å²) in [4.78, 5) is 28.8. The van der Waals surface area contributed by atoms with Crippen LogP contribution in [0.4, 0.5) is 5.69 Å². The molecule has 0 fully saturated rings. The Labute approximate surface area is 157 Å². The molecule has 1 aromatic heterocycles. The van der Waals surface area contributed by atoms with Gasteiger partial charge in [-0.25, -0.2) is 0 Å². The average molecular weight is 361 g/mol. The Kier molecular flexibility index (Phi) is 5.79. The number of hydrogen-bond donors (Lipinski definition) is 2. The van der Waals surface area contributed by atoms with Gasteiger partial charge in [-0.1, -0.05) is 12.1 Å². The third-order valence-electron chi connectivity index (χ3n) is 3.92. The van der Waals surface area contributed by atoms with Gasteiger partial charge in [0.1, 0.15) is 5.75 Å². The Bertz CT molecular complexity index is 942. The van der Waals surface area contributed by atoms with Gasteiger partial charge in [-0.3, -0.25) is 14.6 Å². The number of aromatic nitrogens is 1. The molecule has 0 aliphatic rings. The third kappa shape index (κ3) is 4.92. The van der Waals surface area contributed by atoms with E-state index in [1.807, 2.05) is 12.1 Å². The molecule has 2 amide bonds. The lowest BCUT2D eigenvalue weighted by Gasteiger charge is -2.09. The van der Waals surface area contributed by atoms with Crippen molar-refractivity contribution in [3.05, 3.63) is 89.7 Å². The molecule has 1 heterocycles. The molecule has 3 aromatic rings. The number of nitrogens with zero attached hydrogens (tertiary/aromatic N) is 1. The van der Waals surface area contributed by atoms with Crippen molar-refractivity contribution < 1.29 is 14.3 Å². The Morgan fingerprint density at radius 1 is 0.926 bits per heavy atom. The van der Waals surface area contributed by atoms with Gasteiger partial charge in [-0.05, 0) is 48.0 Å². The molecule has 6 nitrogen and oxygen atoms in total. The number of carbonyl (C=O) groups is 2. The maximum Gasteiger partial charge on any atom is 0.255 e. The summed E-state index contributed by atoms with van der Waals surface area (Å²) in [6.07, 6.45) is 3.34. The first-order valence-electron chi connectivity index (χ1n) is 8.38. The molecule has 0 spiro atoms. The van der Waals surface area contributed by atoms with Crippen LogP contribution in [-0.4, -0.2) is 23.9 Å². The van der Waals surface area contributed by atoms with Gasteiger partial charge in [-0.2, -0.15) is 0 Å². The van der Waals surface area contributed by atoms with Crippen molar-refractivity contribution in [1.29, 1.82) is 0 Å². The minimum atomic E-state index is -0.299. The third-order valence-corrected chi connectivity index (χ3v) is 3.92. The normalized spacial score (nSPS) is 10.1. The summed E-state index contributed by atoms with van der Waals surface area (Å²) < 4.78 is 5.15. The van der Waals surface area contributed by atoms with Crippen LogP contribution < -0.4 is 15.4 Å². The van der Waals surface area contributed by atoms with Gasteiger partial charge < -0.3 is 15.4 Å². The first-order valence-corrected chi connectivity index (χ1v) is 8.38. The van der Waals surface area contributed by atoms with Gasteiger partial charge in [0.2, 0.25) is 0 Å². The fourth-order valence-electron chi connectivity index (χ4n) is 2.49. The molecule has 0 aliphatic carbocycles. The number of methoxy groups -OCH3 is 1. The summed E-state index contributed by atoms with van der Waals surface area (Å²) in [5.74, 6) is 0.104. The number of ether oxygens (including phenoxy) is 1. The molecule has 0 bridgehead atoms. The topological polar surface area (TPSA) is 80.3 Å². The standard InChI is InChI=1S/C21H19N3O3/c1-27-19-7-3-6-18(13-19)24-21(26)17-5-2-4-16(12-17)20(25)23-14-15-8-10-22-11-9-15/h2-13H,14H2,1H3,(H,23,25)(H,24,26). The molecule has 0 aliphatic heterocycles. The maximum absolute atomic E-state index is 12.5. The Morgan fingerprint density at radius 3 is 2.37 bits per heavy atom. The number of rotatable bonds is 6. The molecule has 0 atom stereocenters. The summed E-state index contributed by atoms with van der Waals surface area (Å²) in [7, 11) is 1.56. The van der Waals surface area contributed by atoms with Crippen molar-refractivity contribution in [3.63, 3.8) is 0 Å². The fraction of sp³-hybridized carbons (Fsp3) is 0.0952. The molecule has 2 aromatic carbocycles. The molecular weight excluding hydrogens is 342 g/mol.